The highest BCUT2D eigenvalue weighted by Gasteiger charge is 2.51. The topological polar surface area (TPSA) is 32.8 Å². The van der Waals surface area contributed by atoms with Gasteiger partial charge in [-0.25, -0.2) is 4.79 Å². The highest BCUT2D eigenvalue weighted by atomic mass is 16.5. The van der Waals surface area contributed by atoms with Gasteiger partial charge in [0, 0.05) is 20.5 Å². The lowest BCUT2D eigenvalue weighted by Gasteiger charge is -2.55. The lowest BCUT2D eigenvalue weighted by molar-refractivity contribution is -0.209. The normalized spacial score (nSPS) is 24.7. The molecule has 0 bridgehead atoms. The van der Waals surface area contributed by atoms with Crippen LogP contribution in [0.15, 0.2) is 0 Å². The van der Waals surface area contributed by atoms with Crippen LogP contribution < -0.4 is 0 Å². The molecule has 2 saturated heterocycles. The highest BCUT2D eigenvalue weighted by Crippen LogP contribution is 2.35. The molecule has 0 saturated carbocycles. The zero-order valence-electron chi connectivity index (χ0n) is 7.54. The molecular weight excluding hydrogens is 156 g/mol. The van der Waals surface area contributed by atoms with Crippen LogP contribution in [0.25, 0.3) is 0 Å². The SMILES string of the molecule is CN(C)C(=O)N1CC2(CCO2)C1. The van der Waals surface area contributed by atoms with E-state index in [0.29, 0.717) is 0 Å². The molecule has 2 aliphatic rings. The summed E-state index contributed by atoms with van der Waals surface area (Å²) in [4.78, 5) is 14.8. The van der Waals surface area contributed by atoms with Crippen molar-refractivity contribution in [3.63, 3.8) is 0 Å². The van der Waals surface area contributed by atoms with Crippen LogP contribution in [0, 0.1) is 0 Å². The number of rotatable bonds is 0. The maximum atomic E-state index is 11.3. The molecule has 0 unspecified atom stereocenters. The van der Waals surface area contributed by atoms with Crippen molar-refractivity contribution in [2.24, 2.45) is 0 Å². The molecule has 0 aromatic carbocycles. The van der Waals surface area contributed by atoms with E-state index in [1.807, 2.05) is 4.90 Å². The van der Waals surface area contributed by atoms with E-state index in [9.17, 15) is 4.79 Å². The second kappa shape index (κ2) is 2.36. The van der Waals surface area contributed by atoms with E-state index >= 15 is 0 Å². The van der Waals surface area contributed by atoms with Crippen molar-refractivity contribution < 1.29 is 9.53 Å². The largest absolute Gasteiger partial charge is 0.371 e. The molecule has 0 atom stereocenters. The van der Waals surface area contributed by atoms with Gasteiger partial charge in [-0.3, -0.25) is 0 Å². The Bertz CT molecular complexity index is 203. The van der Waals surface area contributed by atoms with Gasteiger partial charge < -0.3 is 14.5 Å². The van der Waals surface area contributed by atoms with Crippen LogP contribution in [0.3, 0.4) is 0 Å². The summed E-state index contributed by atoms with van der Waals surface area (Å²) in [5, 5.41) is 0. The van der Waals surface area contributed by atoms with Gasteiger partial charge in [-0.15, -0.1) is 0 Å². The van der Waals surface area contributed by atoms with Crippen molar-refractivity contribution in [2.45, 2.75) is 12.0 Å². The molecule has 2 amide bonds. The van der Waals surface area contributed by atoms with Gasteiger partial charge in [0.05, 0.1) is 19.7 Å². The van der Waals surface area contributed by atoms with Crippen molar-refractivity contribution >= 4 is 6.03 Å². The number of amides is 2. The van der Waals surface area contributed by atoms with E-state index in [2.05, 4.69) is 0 Å². The van der Waals surface area contributed by atoms with Gasteiger partial charge in [0.15, 0.2) is 0 Å². The summed E-state index contributed by atoms with van der Waals surface area (Å²) in [6.07, 6.45) is 1.12. The van der Waals surface area contributed by atoms with E-state index in [-0.39, 0.29) is 11.6 Å². The first-order valence-corrected chi connectivity index (χ1v) is 4.23. The van der Waals surface area contributed by atoms with Crippen molar-refractivity contribution in [2.75, 3.05) is 33.8 Å². The van der Waals surface area contributed by atoms with Crippen LogP contribution >= 0.6 is 0 Å². The molecule has 2 rings (SSSR count). The van der Waals surface area contributed by atoms with Gasteiger partial charge >= 0.3 is 6.03 Å². The van der Waals surface area contributed by atoms with Crippen molar-refractivity contribution in [3.05, 3.63) is 0 Å². The molecule has 68 valence electrons. The van der Waals surface area contributed by atoms with Crippen molar-refractivity contribution in [3.8, 4) is 0 Å². The van der Waals surface area contributed by atoms with E-state index in [1.54, 1.807) is 19.0 Å². The van der Waals surface area contributed by atoms with E-state index < -0.39 is 0 Å². The number of carbonyl (C=O) groups is 1. The van der Waals surface area contributed by atoms with Gasteiger partial charge in [-0.2, -0.15) is 0 Å². The minimum Gasteiger partial charge on any atom is -0.371 e. The third-order valence-corrected chi connectivity index (χ3v) is 2.58. The maximum Gasteiger partial charge on any atom is 0.319 e. The minimum atomic E-state index is 0.0612. The Labute approximate surface area is 72.1 Å². The van der Waals surface area contributed by atoms with Gasteiger partial charge in [0.25, 0.3) is 0 Å². The Morgan fingerprint density at radius 2 is 2.08 bits per heavy atom. The molecule has 0 aliphatic carbocycles. The quantitative estimate of drug-likeness (QED) is 0.518. The molecular formula is C8H14N2O2. The number of likely N-dealkylation sites (tertiary alicyclic amines) is 1. The maximum absolute atomic E-state index is 11.3. The molecule has 12 heavy (non-hydrogen) atoms. The minimum absolute atomic E-state index is 0.0612. The molecule has 0 aromatic heterocycles. The summed E-state index contributed by atoms with van der Waals surface area (Å²) in [6, 6.07) is 0.0936. The Kier molecular flexibility index (Phi) is 1.54. The fraction of sp³-hybridized carbons (Fsp3) is 0.875. The number of nitrogens with zero attached hydrogens (tertiary/aromatic N) is 2. The Balaban J connectivity index is 1.84. The third kappa shape index (κ3) is 0.982. The Morgan fingerprint density at radius 1 is 1.50 bits per heavy atom. The average Bonchev–Trinajstić information content (AvgIpc) is 1.80. The van der Waals surface area contributed by atoms with E-state index in [4.69, 9.17) is 4.74 Å². The standard InChI is InChI=1S/C8H14N2O2/c1-9(2)7(11)10-5-8(6-10)3-4-12-8/h3-6H2,1-2H3. The van der Waals surface area contributed by atoms with Crippen LogP contribution in [0.5, 0.6) is 0 Å². The fourth-order valence-electron chi connectivity index (χ4n) is 1.71. The monoisotopic (exact) mass is 170 g/mol. The number of carbonyl (C=O) groups excluding carboxylic acids is 1. The molecule has 0 radical (unpaired) electrons. The second-order valence-electron chi connectivity index (χ2n) is 3.81. The molecule has 2 heterocycles. The van der Waals surface area contributed by atoms with Crippen molar-refractivity contribution in [1.29, 1.82) is 0 Å². The fourth-order valence-corrected chi connectivity index (χ4v) is 1.71. The zero-order chi connectivity index (χ0) is 8.77. The molecule has 0 N–H and O–H groups in total. The summed E-state index contributed by atoms with van der Waals surface area (Å²) in [6.45, 7) is 2.43. The molecule has 1 spiro atoms. The molecule has 4 nitrogen and oxygen atoms in total. The number of urea groups is 1. The number of ether oxygens (including phenoxy) is 1. The summed E-state index contributed by atoms with van der Waals surface area (Å²) in [5.74, 6) is 0. The van der Waals surface area contributed by atoms with Crippen LogP contribution in [-0.2, 0) is 4.74 Å². The first kappa shape index (κ1) is 7.86. The summed E-state index contributed by atoms with van der Waals surface area (Å²) < 4.78 is 5.40. The van der Waals surface area contributed by atoms with Gasteiger partial charge in [0.1, 0.15) is 5.60 Å². The Morgan fingerprint density at radius 3 is 2.42 bits per heavy atom. The Hall–Kier alpha value is -0.770. The molecule has 2 fully saturated rings. The lowest BCUT2D eigenvalue weighted by Crippen LogP contribution is -2.70. The predicted octanol–water partition coefficient (Wildman–Crippen LogP) is 0.143. The second-order valence-corrected chi connectivity index (χ2v) is 3.81. The van der Waals surface area contributed by atoms with Crippen LogP contribution in [-0.4, -0.2) is 55.2 Å². The highest BCUT2D eigenvalue weighted by molar-refractivity contribution is 5.75. The molecule has 4 heteroatoms. The third-order valence-electron chi connectivity index (χ3n) is 2.58. The van der Waals surface area contributed by atoms with Crippen LogP contribution in [0.1, 0.15) is 6.42 Å². The van der Waals surface area contributed by atoms with Gasteiger partial charge in [-0.1, -0.05) is 0 Å². The number of hydrogen-bond donors (Lipinski definition) is 0. The molecule has 2 aliphatic heterocycles. The first-order valence-electron chi connectivity index (χ1n) is 4.23. The molecule has 0 aromatic rings. The van der Waals surface area contributed by atoms with Crippen LogP contribution in [0.4, 0.5) is 4.79 Å². The van der Waals surface area contributed by atoms with E-state index in [1.165, 1.54) is 0 Å². The van der Waals surface area contributed by atoms with Gasteiger partial charge in [0.2, 0.25) is 0 Å². The number of hydrogen-bond acceptors (Lipinski definition) is 2. The summed E-state index contributed by atoms with van der Waals surface area (Å²) in [5.41, 5.74) is 0.0612. The summed E-state index contributed by atoms with van der Waals surface area (Å²) in [7, 11) is 3.55. The average molecular weight is 170 g/mol. The smallest absolute Gasteiger partial charge is 0.319 e. The van der Waals surface area contributed by atoms with E-state index in [0.717, 1.165) is 26.1 Å². The van der Waals surface area contributed by atoms with Crippen LogP contribution in [0.2, 0.25) is 0 Å². The zero-order valence-corrected chi connectivity index (χ0v) is 7.54. The van der Waals surface area contributed by atoms with Gasteiger partial charge in [-0.05, 0) is 0 Å². The first-order chi connectivity index (χ1) is 5.63. The lowest BCUT2D eigenvalue weighted by atomic mass is 9.86. The predicted molar refractivity (Wildman–Crippen MR) is 44.0 cm³/mol. The summed E-state index contributed by atoms with van der Waals surface area (Å²) >= 11 is 0. The van der Waals surface area contributed by atoms with Crippen molar-refractivity contribution in [1.82, 2.24) is 9.80 Å².